The lowest BCUT2D eigenvalue weighted by molar-refractivity contribution is 0.465. The van der Waals surface area contributed by atoms with E-state index in [-0.39, 0.29) is 0 Å². The molecule has 1 heterocycles. The first kappa shape index (κ1) is 11.2. The van der Waals surface area contributed by atoms with Gasteiger partial charge in [-0.05, 0) is 36.9 Å². The molecule has 1 aromatic carbocycles. The van der Waals surface area contributed by atoms with Crippen molar-refractivity contribution in [1.29, 1.82) is 0 Å². The molecule has 1 aromatic rings. The lowest BCUT2D eigenvalue weighted by Gasteiger charge is -2.15. The van der Waals surface area contributed by atoms with Gasteiger partial charge in [0.25, 0.3) is 0 Å². The third kappa shape index (κ3) is 2.53. The summed E-state index contributed by atoms with van der Waals surface area (Å²) in [7, 11) is 0. The van der Waals surface area contributed by atoms with Crippen LogP contribution in [0.4, 0.5) is 0 Å². The highest BCUT2D eigenvalue weighted by atomic mass is 15.0. The molecule has 1 saturated carbocycles. The van der Waals surface area contributed by atoms with E-state index in [0.29, 0.717) is 6.04 Å². The maximum Gasteiger partial charge on any atom is 0.0338 e. The predicted octanol–water partition coefficient (Wildman–Crippen LogP) is 2.75. The lowest BCUT2D eigenvalue weighted by Crippen LogP contribution is -2.29. The summed E-state index contributed by atoms with van der Waals surface area (Å²) in [4.78, 5) is 0. The van der Waals surface area contributed by atoms with Gasteiger partial charge in [0.05, 0.1) is 0 Å². The van der Waals surface area contributed by atoms with Crippen molar-refractivity contribution in [2.45, 2.75) is 50.7 Å². The highest BCUT2D eigenvalue weighted by Gasteiger charge is 2.21. The maximum atomic E-state index is 3.70. The Labute approximate surface area is 104 Å². The monoisotopic (exact) mass is 230 g/mol. The van der Waals surface area contributed by atoms with Crippen molar-refractivity contribution in [1.82, 2.24) is 10.6 Å². The van der Waals surface area contributed by atoms with Crippen LogP contribution in [0.3, 0.4) is 0 Å². The molecule has 1 aliphatic carbocycles. The van der Waals surface area contributed by atoms with E-state index in [1.165, 1.54) is 43.2 Å². The average Bonchev–Trinajstić information content (AvgIpc) is 2.99. The maximum absolute atomic E-state index is 3.70. The van der Waals surface area contributed by atoms with Gasteiger partial charge in [0.2, 0.25) is 0 Å². The van der Waals surface area contributed by atoms with Crippen LogP contribution in [0, 0.1) is 0 Å². The van der Waals surface area contributed by atoms with Gasteiger partial charge in [0.15, 0.2) is 0 Å². The molecule has 2 nitrogen and oxygen atoms in total. The summed E-state index contributed by atoms with van der Waals surface area (Å²) in [6.45, 7) is 2.20. The summed E-state index contributed by atoms with van der Waals surface area (Å²) < 4.78 is 0. The molecular weight excluding hydrogens is 208 g/mol. The molecule has 1 unspecified atom stereocenters. The molecule has 0 radical (unpaired) electrons. The molecule has 2 aliphatic rings. The van der Waals surface area contributed by atoms with Crippen LogP contribution in [0.1, 0.15) is 49.3 Å². The van der Waals surface area contributed by atoms with Crippen molar-refractivity contribution in [3.8, 4) is 0 Å². The molecule has 1 fully saturated rings. The Kier molecular flexibility index (Phi) is 3.44. The van der Waals surface area contributed by atoms with Crippen LogP contribution in [0.25, 0.3) is 0 Å². The van der Waals surface area contributed by atoms with Gasteiger partial charge in [0.1, 0.15) is 0 Å². The van der Waals surface area contributed by atoms with Crippen LogP contribution in [0.15, 0.2) is 24.3 Å². The first-order chi connectivity index (χ1) is 8.43. The second-order valence-corrected chi connectivity index (χ2v) is 5.36. The van der Waals surface area contributed by atoms with E-state index >= 15 is 0 Å². The Morgan fingerprint density at radius 1 is 1.18 bits per heavy atom. The normalized spacial score (nSPS) is 24.1. The molecule has 0 bridgehead atoms. The van der Waals surface area contributed by atoms with Gasteiger partial charge in [-0.25, -0.2) is 0 Å². The van der Waals surface area contributed by atoms with Gasteiger partial charge >= 0.3 is 0 Å². The van der Waals surface area contributed by atoms with Crippen LogP contribution >= 0.6 is 0 Å². The zero-order valence-corrected chi connectivity index (χ0v) is 10.4. The van der Waals surface area contributed by atoms with Crippen molar-refractivity contribution < 1.29 is 0 Å². The Balaban J connectivity index is 1.50. The number of fused-ring (bicyclic) bond motifs is 1. The average molecular weight is 230 g/mol. The Hall–Kier alpha value is -0.860. The van der Waals surface area contributed by atoms with E-state index in [0.717, 1.165) is 19.1 Å². The molecule has 3 rings (SSSR count). The molecule has 0 saturated heterocycles. The molecule has 2 heteroatoms. The van der Waals surface area contributed by atoms with E-state index in [1.807, 2.05) is 0 Å². The third-order valence-corrected chi connectivity index (χ3v) is 4.19. The molecule has 0 aromatic heterocycles. The van der Waals surface area contributed by atoms with Crippen molar-refractivity contribution in [3.63, 3.8) is 0 Å². The van der Waals surface area contributed by atoms with E-state index in [4.69, 9.17) is 0 Å². The minimum atomic E-state index is 0.570. The van der Waals surface area contributed by atoms with E-state index in [9.17, 15) is 0 Å². The SMILES string of the molecule is c1ccc2c(c1)CNC2CCNC1CCCC1. The second-order valence-electron chi connectivity index (χ2n) is 5.36. The standard InChI is InChI=1S/C15H22N2/c1-4-8-14-12(5-1)11-17-15(14)9-10-16-13-6-2-3-7-13/h1,4-5,8,13,15-17H,2-3,6-7,9-11H2. The predicted molar refractivity (Wildman–Crippen MR) is 70.9 cm³/mol. The fourth-order valence-corrected chi connectivity index (χ4v) is 3.20. The van der Waals surface area contributed by atoms with Crippen LogP contribution in [-0.2, 0) is 6.54 Å². The van der Waals surface area contributed by atoms with E-state index in [2.05, 4.69) is 34.9 Å². The Morgan fingerprint density at radius 2 is 2.00 bits per heavy atom. The van der Waals surface area contributed by atoms with Crippen molar-refractivity contribution >= 4 is 0 Å². The summed E-state index contributed by atoms with van der Waals surface area (Å²) in [6, 6.07) is 10.2. The van der Waals surface area contributed by atoms with Crippen molar-refractivity contribution in [2.75, 3.05) is 6.54 Å². The van der Waals surface area contributed by atoms with Gasteiger partial charge < -0.3 is 10.6 Å². The van der Waals surface area contributed by atoms with Crippen LogP contribution < -0.4 is 10.6 Å². The minimum absolute atomic E-state index is 0.570. The summed E-state index contributed by atoms with van der Waals surface area (Å²) in [5.41, 5.74) is 3.00. The topological polar surface area (TPSA) is 24.1 Å². The number of benzene rings is 1. The molecular formula is C15H22N2. The number of hydrogen-bond acceptors (Lipinski definition) is 2. The lowest BCUT2D eigenvalue weighted by atomic mass is 10.0. The quantitative estimate of drug-likeness (QED) is 0.831. The number of rotatable bonds is 4. The zero-order chi connectivity index (χ0) is 11.5. The van der Waals surface area contributed by atoms with Gasteiger partial charge in [-0.3, -0.25) is 0 Å². The van der Waals surface area contributed by atoms with Gasteiger partial charge in [-0.15, -0.1) is 0 Å². The molecule has 1 atom stereocenters. The molecule has 92 valence electrons. The van der Waals surface area contributed by atoms with Crippen LogP contribution in [0.2, 0.25) is 0 Å². The fraction of sp³-hybridized carbons (Fsp3) is 0.600. The Morgan fingerprint density at radius 3 is 2.88 bits per heavy atom. The zero-order valence-electron chi connectivity index (χ0n) is 10.4. The summed E-state index contributed by atoms with van der Waals surface area (Å²) in [5.74, 6) is 0. The minimum Gasteiger partial charge on any atom is -0.314 e. The molecule has 2 N–H and O–H groups in total. The van der Waals surface area contributed by atoms with Crippen LogP contribution in [-0.4, -0.2) is 12.6 Å². The van der Waals surface area contributed by atoms with Crippen molar-refractivity contribution in [2.24, 2.45) is 0 Å². The van der Waals surface area contributed by atoms with Gasteiger partial charge in [-0.1, -0.05) is 37.1 Å². The largest absolute Gasteiger partial charge is 0.314 e. The summed E-state index contributed by atoms with van der Waals surface area (Å²) >= 11 is 0. The van der Waals surface area contributed by atoms with Gasteiger partial charge in [0, 0.05) is 18.6 Å². The molecule has 1 aliphatic heterocycles. The molecule has 0 amide bonds. The summed E-state index contributed by atoms with van der Waals surface area (Å²) in [5, 5.41) is 7.31. The third-order valence-electron chi connectivity index (χ3n) is 4.19. The molecule has 17 heavy (non-hydrogen) atoms. The van der Waals surface area contributed by atoms with Gasteiger partial charge in [-0.2, -0.15) is 0 Å². The highest BCUT2D eigenvalue weighted by Crippen LogP contribution is 2.27. The smallest absolute Gasteiger partial charge is 0.0338 e. The first-order valence-electron chi connectivity index (χ1n) is 6.98. The first-order valence-corrected chi connectivity index (χ1v) is 6.98. The van der Waals surface area contributed by atoms with Crippen molar-refractivity contribution in [3.05, 3.63) is 35.4 Å². The van der Waals surface area contributed by atoms with E-state index < -0.39 is 0 Å². The second kappa shape index (κ2) is 5.19. The fourth-order valence-electron chi connectivity index (χ4n) is 3.20. The number of nitrogens with one attached hydrogen (secondary N) is 2. The molecule has 0 spiro atoms. The number of hydrogen-bond donors (Lipinski definition) is 2. The highest BCUT2D eigenvalue weighted by molar-refractivity contribution is 5.33. The Bertz CT molecular complexity index is 369. The summed E-state index contributed by atoms with van der Waals surface area (Å²) in [6.07, 6.45) is 6.82. The van der Waals surface area contributed by atoms with E-state index in [1.54, 1.807) is 0 Å². The van der Waals surface area contributed by atoms with Crippen LogP contribution in [0.5, 0.6) is 0 Å².